The highest BCUT2D eigenvalue weighted by atomic mass is 32.2. The number of aromatic nitrogens is 4. The molecule has 0 radical (unpaired) electrons. The quantitative estimate of drug-likeness (QED) is 0.536. The van der Waals surface area contributed by atoms with Crippen LogP contribution in [0.1, 0.15) is 35.4 Å². The van der Waals surface area contributed by atoms with Crippen LogP contribution in [-0.4, -0.2) is 58.2 Å². The molecule has 0 N–H and O–H groups in total. The number of carbonyl (C=O) groups excluding carboxylic acids is 1. The second-order valence-corrected chi connectivity index (χ2v) is 9.55. The molecular formula is C21H23N5O3S. The Morgan fingerprint density at radius 2 is 1.83 bits per heavy atom. The maximum atomic E-state index is 12.6. The number of carbonyl (C=O) groups is 1. The van der Waals surface area contributed by atoms with E-state index in [0.717, 1.165) is 24.9 Å². The summed E-state index contributed by atoms with van der Waals surface area (Å²) in [7, 11) is -3.26. The third-order valence-corrected chi connectivity index (χ3v) is 6.53. The van der Waals surface area contributed by atoms with Crippen LogP contribution in [-0.2, 0) is 16.4 Å². The van der Waals surface area contributed by atoms with Crippen molar-refractivity contribution in [1.82, 2.24) is 25.1 Å². The molecule has 1 saturated heterocycles. The van der Waals surface area contributed by atoms with E-state index in [1.807, 2.05) is 30.3 Å². The lowest BCUT2D eigenvalue weighted by Crippen LogP contribution is -2.32. The molecule has 0 saturated carbocycles. The third-order valence-electron chi connectivity index (χ3n) is 5.40. The molecule has 4 rings (SSSR count). The normalized spacial score (nSPS) is 17.3. The average molecular weight is 426 g/mol. The Morgan fingerprint density at radius 3 is 2.53 bits per heavy atom. The average Bonchev–Trinajstić information content (AvgIpc) is 3.38. The molecule has 1 atom stereocenters. The highest BCUT2D eigenvalue weighted by molar-refractivity contribution is 7.90. The fraction of sp³-hybridized carbons (Fsp3) is 0.333. The van der Waals surface area contributed by atoms with Gasteiger partial charge >= 0.3 is 0 Å². The molecule has 156 valence electrons. The van der Waals surface area contributed by atoms with E-state index in [4.69, 9.17) is 0 Å². The summed E-state index contributed by atoms with van der Waals surface area (Å²) in [5, 5.41) is 12.0. The van der Waals surface area contributed by atoms with Crippen LogP contribution >= 0.6 is 0 Å². The minimum absolute atomic E-state index is 0.142. The molecule has 1 aliphatic rings. The van der Waals surface area contributed by atoms with E-state index in [1.54, 1.807) is 28.9 Å². The van der Waals surface area contributed by atoms with Gasteiger partial charge in [0, 0.05) is 24.3 Å². The largest absolute Gasteiger partial charge is 0.294 e. The Hall–Kier alpha value is -2.91. The van der Waals surface area contributed by atoms with Crippen LogP contribution in [0.5, 0.6) is 0 Å². The Morgan fingerprint density at radius 1 is 1.10 bits per heavy atom. The van der Waals surface area contributed by atoms with E-state index in [1.165, 1.54) is 6.26 Å². The van der Waals surface area contributed by atoms with Crippen LogP contribution < -0.4 is 0 Å². The topological polar surface area (TPSA) is 98.0 Å². The van der Waals surface area contributed by atoms with Crippen LogP contribution in [0.3, 0.4) is 0 Å². The minimum Gasteiger partial charge on any atom is -0.294 e. The number of nitrogens with zero attached hydrogens (tertiary/aromatic N) is 5. The summed E-state index contributed by atoms with van der Waals surface area (Å²) in [5.41, 5.74) is 1.43. The molecule has 9 heteroatoms. The zero-order valence-electron chi connectivity index (χ0n) is 16.7. The smallest absolute Gasteiger partial charge is 0.175 e. The van der Waals surface area contributed by atoms with E-state index < -0.39 is 9.84 Å². The third kappa shape index (κ3) is 4.47. The van der Waals surface area contributed by atoms with E-state index in [0.29, 0.717) is 24.5 Å². The Balaban J connectivity index is 1.48. The Kier molecular flexibility index (Phi) is 5.74. The van der Waals surface area contributed by atoms with Crippen molar-refractivity contribution in [2.75, 3.05) is 12.8 Å². The molecule has 1 aromatic heterocycles. The van der Waals surface area contributed by atoms with Gasteiger partial charge in [-0.25, -0.2) is 8.42 Å². The molecule has 1 fully saturated rings. The molecule has 2 heterocycles. The van der Waals surface area contributed by atoms with Crippen LogP contribution in [0.25, 0.3) is 5.69 Å². The van der Waals surface area contributed by atoms with E-state index >= 15 is 0 Å². The number of rotatable bonds is 7. The molecule has 0 amide bonds. The zero-order valence-corrected chi connectivity index (χ0v) is 17.5. The summed E-state index contributed by atoms with van der Waals surface area (Å²) in [4.78, 5) is 15.1. The first-order valence-corrected chi connectivity index (χ1v) is 11.7. The van der Waals surface area contributed by atoms with Gasteiger partial charge in [-0.15, -0.1) is 5.10 Å². The number of hydrogen-bond acceptors (Lipinski definition) is 7. The SMILES string of the molecule is CS(=O)(=O)c1ccc(-n2nnnc2CN2CCC[C@H]2CC(=O)c2ccccc2)cc1. The summed E-state index contributed by atoms with van der Waals surface area (Å²) in [6.45, 7) is 1.40. The monoisotopic (exact) mass is 425 g/mol. The van der Waals surface area contributed by atoms with Crippen molar-refractivity contribution in [3.05, 3.63) is 66.0 Å². The standard InChI is InChI=1S/C21H23N5O3S/c1-30(28,29)19-11-9-17(10-12-19)26-21(22-23-24-26)15-25-13-5-8-18(25)14-20(27)16-6-3-2-4-7-16/h2-4,6-7,9-12,18H,5,8,13-15H2,1H3/t18-/m0/s1. The number of ketones is 1. The van der Waals surface area contributed by atoms with Gasteiger partial charge in [-0.05, 0) is 54.1 Å². The number of Topliss-reactive ketones (excluding diaryl/α,β-unsaturated/α-hetero) is 1. The van der Waals surface area contributed by atoms with Crippen molar-refractivity contribution in [2.45, 2.75) is 36.7 Å². The van der Waals surface area contributed by atoms with Gasteiger partial charge in [0.05, 0.1) is 17.1 Å². The van der Waals surface area contributed by atoms with Crippen molar-refractivity contribution >= 4 is 15.6 Å². The van der Waals surface area contributed by atoms with Crippen molar-refractivity contribution in [1.29, 1.82) is 0 Å². The fourth-order valence-corrected chi connectivity index (χ4v) is 4.44. The van der Waals surface area contributed by atoms with Gasteiger partial charge in [-0.1, -0.05) is 30.3 Å². The van der Waals surface area contributed by atoms with E-state index in [-0.39, 0.29) is 16.7 Å². The highest BCUT2D eigenvalue weighted by Crippen LogP contribution is 2.24. The van der Waals surface area contributed by atoms with Crippen molar-refractivity contribution < 1.29 is 13.2 Å². The van der Waals surface area contributed by atoms with Gasteiger partial charge < -0.3 is 0 Å². The molecule has 0 spiro atoms. The van der Waals surface area contributed by atoms with E-state index in [2.05, 4.69) is 20.4 Å². The van der Waals surface area contributed by atoms with Crippen molar-refractivity contribution in [3.63, 3.8) is 0 Å². The first-order valence-electron chi connectivity index (χ1n) is 9.82. The van der Waals surface area contributed by atoms with Crippen LogP contribution in [0, 0.1) is 0 Å². The first kappa shape index (κ1) is 20.4. The highest BCUT2D eigenvalue weighted by Gasteiger charge is 2.28. The van der Waals surface area contributed by atoms with Gasteiger partial charge in [0.1, 0.15) is 0 Å². The Bertz CT molecular complexity index is 1130. The summed E-state index contributed by atoms with van der Waals surface area (Å²) >= 11 is 0. The number of hydrogen-bond donors (Lipinski definition) is 0. The lowest BCUT2D eigenvalue weighted by atomic mass is 10.0. The second kappa shape index (κ2) is 8.45. The molecule has 3 aromatic rings. The fourth-order valence-electron chi connectivity index (χ4n) is 3.81. The van der Waals surface area contributed by atoms with Crippen LogP contribution in [0.2, 0.25) is 0 Å². The van der Waals surface area contributed by atoms with Crippen LogP contribution in [0.15, 0.2) is 59.5 Å². The molecule has 0 unspecified atom stereocenters. The van der Waals surface area contributed by atoms with Gasteiger partial charge in [0.2, 0.25) is 0 Å². The Labute approximate surface area is 175 Å². The summed E-state index contributed by atoms with van der Waals surface area (Å²) < 4.78 is 25.0. The first-order chi connectivity index (χ1) is 14.4. The van der Waals surface area contributed by atoms with Crippen molar-refractivity contribution in [3.8, 4) is 5.69 Å². The minimum atomic E-state index is -3.26. The summed E-state index contributed by atoms with van der Waals surface area (Å²) in [6, 6.07) is 16.0. The van der Waals surface area contributed by atoms with Crippen LogP contribution in [0.4, 0.5) is 0 Å². The molecule has 0 aliphatic carbocycles. The summed E-state index contributed by atoms with van der Waals surface area (Å²) in [5.74, 6) is 0.796. The molecule has 2 aromatic carbocycles. The van der Waals surface area contributed by atoms with Gasteiger partial charge in [-0.3, -0.25) is 9.69 Å². The molecule has 8 nitrogen and oxygen atoms in total. The van der Waals surface area contributed by atoms with Gasteiger partial charge in [-0.2, -0.15) is 4.68 Å². The molecule has 0 bridgehead atoms. The van der Waals surface area contributed by atoms with E-state index in [9.17, 15) is 13.2 Å². The number of likely N-dealkylation sites (tertiary alicyclic amines) is 1. The predicted molar refractivity (Wildman–Crippen MR) is 111 cm³/mol. The zero-order chi connectivity index (χ0) is 21.1. The number of tetrazole rings is 1. The van der Waals surface area contributed by atoms with Crippen molar-refractivity contribution in [2.24, 2.45) is 0 Å². The number of benzene rings is 2. The lowest BCUT2D eigenvalue weighted by Gasteiger charge is -2.23. The second-order valence-electron chi connectivity index (χ2n) is 7.53. The van der Waals surface area contributed by atoms with Gasteiger partial charge in [0.25, 0.3) is 0 Å². The molecule has 1 aliphatic heterocycles. The maximum Gasteiger partial charge on any atom is 0.175 e. The molecule has 30 heavy (non-hydrogen) atoms. The summed E-state index contributed by atoms with van der Waals surface area (Å²) in [6.07, 6.45) is 3.63. The van der Waals surface area contributed by atoms with Gasteiger partial charge in [0.15, 0.2) is 21.4 Å². The predicted octanol–water partition coefficient (Wildman–Crippen LogP) is 2.30. The number of sulfone groups is 1. The lowest BCUT2D eigenvalue weighted by molar-refractivity contribution is 0.0937. The maximum absolute atomic E-state index is 12.6. The molecular weight excluding hydrogens is 402 g/mol.